The first kappa shape index (κ1) is 12.9. The highest BCUT2D eigenvalue weighted by molar-refractivity contribution is 7.17. The quantitative estimate of drug-likeness (QED) is 0.740. The summed E-state index contributed by atoms with van der Waals surface area (Å²) in [5, 5.41) is 0.855. The molecule has 0 radical (unpaired) electrons. The highest BCUT2D eigenvalue weighted by Crippen LogP contribution is 2.44. The van der Waals surface area contributed by atoms with Gasteiger partial charge >= 0.3 is 0 Å². The second-order valence-corrected chi connectivity index (χ2v) is 6.06. The zero-order valence-corrected chi connectivity index (χ0v) is 12.4. The van der Waals surface area contributed by atoms with Crippen LogP contribution in [0.1, 0.15) is 10.4 Å². The van der Waals surface area contributed by atoms with Crippen molar-refractivity contribution < 1.29 is 0 Å². The summed E-state index contributed by atoms with van der Waals surface area (Å²) in [5.41, 5.74) is 11.9. The Morgan fingerprint density at radius 2 is 1.70 bits per heavy atom. The van der Waals surface area contributed by atoms with Gasteiger partial charge in [0, 0.05) is 22.2 Å². The van der Waals surface area contributed by atoms with E-state index in [2.05, 4.69) is 37.0 Å². The number of aryl methyl sites for hydroxylation is 2. The minimum Gasteiger partial charge on any atom is -0.390 e. The first-order valence-electron chi connectivity index (χ1n) is 6.54. The van der Waals surface area contributed by atoms with Crippen LogP contribution in [0.5, 0.6) is 0 Å². The van der Waals surface area contributed by atoms with Gasteiger partial charge in [0.15, 0.2) is 0 Å². The third-order valence-corrected chi connectivity index (χ3v) is 4.35. The van der Waals surface area contributed by atoms with E-state index in [1.165, 1.54) is 10.4 Å². The van der Waals surface area contributed by atoms with Gasteiger partial charge in [-0.2, -0.15) is 0 Å². The van der Waals surface area contributed by atoms with Gasteiger partial charge in [-0.3, -0.25) is 4.98 Å². The Morgan fingerprint density at radius 3 is 2.40 bits per heavy atom. The van der Waals surface area contributed by atoms with Crippen molar-refractivity contribution >= 4 is 16.3 Å². The molecule has 2 N–H and O–H groups in total. The number of anilines is 1. The van der Waals surface area contributed by atoms with E-state index >= 15 is 0 Å². The van der Waals surface area contributed by atoms with Gasteiger partial charge in [0.05, 0.1) is 10.7 Å². The third-order valence-electron chi connectivity index (χ3n) is 3.42. The normalized spacial score (nSPS) is 10.7. The average molecular weight is 280 g/mol. The summed E-state index contributed by atoms with van der Waals surface area (Å²) in [6, 6.07) is 14.3. The lowest BCUT2D eigenvalue weighted by molar-refractivity contribution is 1.27. The van der Waals surface area contributed by atoms with Crippen LogP contribution in [0.4, 0.5) is 5.00 Å². The Hall–Kier alpha value is -2.13. The molecule has 0 aliphatic carbocycles. The summed E-state index contributed by atoms with van der Waals surface area (Å²) in [6.07, 6.45) is 1.84. The van der Waals surface area contributed by atoms with Crippen LogP contribution < -0.4 is 5.73 Å². The van der Waals surface area contributed by atoms with E-state index in [0.717, 1.165) is 27.4 Å². The smallest absolute Gasteiger partial charge is 0.0945 e. The highest BCUT2D eigenvalue weighted by atomic mass is 32.1. The minimum absolute atomic E-state index is 0.855. The van der Waals surface area contributed by atoms with Crippen LogP contribution in [-0.2, 0) is 0 Å². The number of nitrogens with zero attached hydrogens (tertiary/aromatic N) is 1. The fourth-order valence-corrected chi connectivity index (χ4v) is 3.44. The summed E-state index contributed by atoms with van der Waals surface area (Å²) in [7, 11) is 0. The van der Waals surface area contributed by atoms with Gasteiger partial charge < -0.3 is 5.73 Å². The molecule has 0 aliphatic rings. The second kappa shape index (κ2) is 5.10. The molecule has 2 nitrogen and oxygen atoms in total. The van der Waals surface area contributed by atoms with Crippen molar-refractivity contribution in [2.75, 3.05) is 5.73 Å². The van der Waals surface area contributed by atoms with Gasteiger partial charge in [-0.25, -0.2) is 0 Å². The second-order valence-electron chi connectivity index (χ2n) is 4.81. The summed E-state index contributed by atoms with van der Waals surface area (Å²) in [4.78, 5) is 5.77. The molecule has 0 spiro atoms. The SMILES string of the molecule is Cc1cccnc1-c1c(C)sc(N)c1-c1ccccc1. The van der Waals surface area contributed by atoms with E-state index in [1.807, 2.05) is 30.5 Å². The molecule has 0 fully saturated rings. The Labute approximate surface area is 122 Å². The molecule has 0 unspecified atom stereocenters. The van der Waals surface area contributed by atoms with Gasteiger partial charge in [-0.1, -0.05) is 36.4 Å². The maximum Gasteiger partial charge on any atom is 0.0945 e. The molecule has 3 aromatic rings. The molecule has 3 heteroatoms. The van der Waals surface area contributed by atoms with Crippen LogP contribution in [0, 0.1) is 13.8 Å². The zero-order valence-electron chi connectivity index (χ0n) is 11.6. The topological polar surface area (TPSA) is 38.9 Å². The molecule has 3 rings (SSSR count). The van der Waals surface area contributed by atoms with E-state index in [9.17, 15) is 0 Å². The predicted octanol–water partition coefficient (Wildman–Crippen LogP) is 4.68. The monoisotopic (exact) mass is 280 g/mol. The largest absolute Gasteiger partial charge is 0.390 e. The third kappa shape index (κ3) is 2.10. The first-order chi connectivity index (χ1) is 9.68. The number of pyridine rings is 1. The fraction of sp³-hybridized carbons (Fsp3) is 0.118. The molecule has 1 aromatic carbocycles. The number of nitrogen functional groups attached to an aromatic ring is 1. The van der Waals surface area contributed by atoms with Crippen LogP contribution in [0.25, 0.3) is 22.4 Å². The first-order valence-corrected chi connectivity index (χ1v) is 7.36. The molecule has 0 atom stereocenters. The molecule has 0 aliphatic heterocycles. The molecule has 2 aromatic heterocycles. The van der Waals surface area contributed by atoms with Crippen molar-refractivity contribution in [2.24, 2.45) is 0 Å². The van der Waals surface area contributed by atoms with Gasteiger partial charge in [0.1, 0.15) is 0 Å². The molecular weight excluding hydrogens is 264 g/mol. The van der Waals surface area contributed by atoms with Crippen LogP contribution in [-0.4, -0.2) is 4.98 Å². The number of hydrogen-bond acceptors (Lipinski definition) is 3. The Balaban J connectivity index is 2.30. The lowest BCUT2D eigenvalue weighted by Gasteiger charge is -2.09. The minimum atomic E-state index is 0.855. The van der Waals surface area contributed by atoms with Crippen LogP contribution in [0.15, 0.2) is 48.7 Å². The lowest BCUT2D eigenvalue weighted by Crippen LogP contribution is -1.91. The number of benzene rings is 1. The number of nitrogens with two attached hydrogens (primary N) is 1. The van der Waals surface area contributed by atoms with Crippen LogP contribution in [0.2, 0.25) is 0 Å². The lowest BCUT2D eigenvalue weighted by atomic mass is 9.97. The maximum atomic E-state index is 6.25. The molecular formula is C17H16N2S. The van der Waals surface area contributed by atoms with Gasteiger partial charge in [0.25, 0.3) is 0 Å². The highest BCUT2D eigenvalue weighted by Gasteiger charge is 2.19. The summed E-state index contributed by atoms with van der Waals surface area (Å²) < 4.78 is 0. The van der Waals surface area contributed by atoms with Crippen molar-refractivity contribution in [1.29, 1.82) is 0 Å². The van der Waals surface area contributed by atoms with Crippen LogP contribution >= 0.6 is 11.3 Å². The molecule has 2 heterocycles. The molecule has 20 heavy (non-hydrogen) atoms. The average Bonchev–Trinajstić information content (AvgIpc) is 2.75. The Kier molecular flexibility index (Phi) is 3.28. The van der Waals surface area contributed by atoms with Gasteiger partial charge in [-0.05, 0) is 31.0 Å². The van der Waals surface area contributed by atoms with Crippen LogP contribution in [0.3, 0.4) is 0 Å². The van der Waals surface area contributed by atoms with Gasteiger partial charge in [0.2, 0.25) is 0 Å². The molecule has 100 valence electrons. The maximum absolute atomic E-state index is 6.25. The van der Waals surface area contributed by atoms with E-state index in [4.69, 9.17) is 5.73 Å². The molecule has 0 saturated heterocycles. The Morgan fingerprint density at radius 1 is 0.950 bits per heavy atom. The van der Waals surface area contributed by atoms with E-state index < -0.39 is 0 Å². The summed E-state index contributed by atoms with van der Waals surface area (Å²) in [6.45, 7) is 4.20. The summed E-state index contributed by atoms with van der Waals surface area (Å²) in [5.74, 6) is 0. The van der Waals surface area contributed by atoms with E-state index in [1.54, 1.807) is 11.3 Å². The number of rotatable bonds is 2. The molecule has 0 amide bonds. The predicted molar refractivity (Wildman–Crippen MR) is 86.9 cm³/mol. The molecule has 0 bridgehead atoms. The van der Waals surface area contributed by atoms with E-state index in [0.29, 0.717) is 0 Å². The number of thiophene rings is 1. The fourth-order valence-electron chi connectivity index (χ4n) is 2.49. The van der Waals surface area contributed by atoms with Crippen molar-refractivity contribution in [3.8, 4) is 22.4 Å². The van der Waals surface area contributed by atoms with Crippen molar-refractivity contribution in [1.82, 2.24) is 4.98 Å². The number of aromatic nitrogens is 1. The van der Waals surface area contributed by atoms with Crippen molar-refractivity contribution in [2.45, 2.75) is 13.8 Å². The van der Waals surface area contributed by atoms with Crippen molar-refractivity contribution in [3.63, 3.8) is 0 Å². The molecule has 0 saturated carbocycles. The van der Waals surface area contributed by atoms with E-state index in [-0.39, 0.29) is 0 Å². The van der Waals surface area contributed by atoms with Gasteiger partial charge in [-0.15, -0.1) is 11.3 Å². The zero-order chi connectivity index (χ0) is 14.1. The Bertz CT molecular complexity index is 745. The summed E-state index contributed by atoms with van der Waals surface area (Å²) >= 11 is 1.63. The standard InChI is InChI=1S/C17H16N2S/c1-11-7-6-10-19-16(11)14-12(2)20-17(18)15(14)13-8-4-3-5-9-13/h3-10H,18H2,1-2H3. The van der Waals surface area contributed by atoms with Crippen molar-refractivity contribution in [3.05, 3.63) is 59.1 Å². The number of hydrogen-bond donors (Lipinski definition) is 1.